The van der Waals surface area contributed by atoms with Gasteiger partial charge in [0.15, 0.2) is 11.5 Å². The van der Waals surface area contributed by atoms with Crippen LogP contribution in [0.4, 0.5) is 5.69 Å². The molecule has 7 rings (SSSR count). The minimum Gasteiger partial charge on any atom is -0.619 e. The van der Waals surface area contributed by atoms with Gasteiger partial charge in [0.05, 0.1) is 38.8 Å². The number of hydrogen-bond acceptors (Lipinski definition) is 6. The third-order valence-corrected chi connectivity index (χ3v) is 9.13. The molecule has 158 valence electrons. The maximum atomic E-state index is 14.7. The number of hydroxylamine groups is 2. The van der Waals surface area contributed by atoms with Crippen LogP contribution in [-0.2, 0) is 14.9 Å². The molecule has 5 aliphatic heterocycles. The number of quaternary nitrogens is 1. The van der Waals surface area contributed by atoms with Crippen molar-refractivity contribution in [1.29, 1.82) is 0 Å². The highest BCUT2D eigenvalue weighted by atomic mass is 16.6. The lowest BCUT2D eigenvalue weighted by molar-refractivity contribution is -0.153. The first-order valence-corrected chi connectivity index (χ1v) is 11.0. The lowest BCUT2D eigenvalue weighted by Gasteiger charge is -2.61. The number of rotatable bonds is 2. The molecular weight excluding hydrogens is 384 g/mol. The van der Waals surface area contributed by atoms with Gasteiger partial charge in [0.1, 0.15) is 11.7 Å². The molecule has 1 amide bonds. The van der Waals surface area contributed by atoms with E-state index in [1.165, 1.54) is 5.57 Å². The van der Waals surface area contributed by atoms with Gasteiger partial charge >= 0.3 is 5.91 Å². The second kappa shape index (κ2) is 5.46. The minimum absolute atomic E-state index is 0.0786. The molecule has 1 aromatic carbocycles. The van der Waals surface area contributed by atoms with Crippen LogP contribution in [0.25, 0.3) is 0 Å². The van der Waals surface area contributed by atoms with Crippen molar-refractivity contribution in [2.24, 2.45) is 11.8 Å². The van der Waals surface area contributed by atoms with Crippen LogP contribution in [0.15, 0.2) is 23.8 Å². The van der Waals surface area contributed by atoms with Gasteiger partial charge in [-0.15, -0.1) is 0 Å². The monoisotopic (exact) mass is 410 g/mol. The summed E-state index contributed by atoms with van der Waals surface area (Å²) < 4.78 is 16.5. The van der Waals surface area contributed by atoms with E-state index < -0.39 is 4.65 Å². The van der Waals surface area contributed by atoms with Gasteiger partial charge in [-0.1, -0.05) is 11.6 Å². The molecule has 30 heavy (non-hydrogen) atoms. The number of amides is 1. The number of carbonyl (C=O) groups excluding carboxylic acids is 1. The van der Waals surface area contributed by atoms with Crippen molar-refractivity contribution in [3.63, 3.8) is 0 Å². The van der Waals surface area contributed by atoms with Crippen molar-refractivity contribution < 1.29 is 19.0 Å². The molecule has 1 aliphatic carbocycles. The lowest BCUT2D eigenvalue weighted by Crippen LogP contribution is -2.74. The fraction of sp³-hybridized carbons (Fsp3) is 0.609. The molecule has 1 spiro atoms. The average Bonchev–Trinajstić information content (AvgIpc) is 3.18. The molecule has 0 N–H and O–H groups in total. The van der Waals surface area contributed by atoms with Gasteiger partial charge in [0, 0.05) is 30.1 Å². The summed E-state index contributed by atoms with van der Waals surface area (Å²) in [4.78, 5) is 16.1. The Bertz CT molecular complexity index is 1020. The molecule has 7 atom stereocenters. The SMILES string of the molecule is COc1cc2c(cc1OC)[N+]1([O-])C(=O)C[C@@H]3OCC=C4CN5CC[C@]26[C@@H]5C[C@@H]4[C@@H]3[C@@H]61. The number of benzene rings is 1. The van der Waals surface area contributed by atoms with Crippen molar-refractivity contribution in [2.75, 3.05) is 33.9 Å². The third-order valence-electron chi connectivity index (χ3n) is 9.13. The molecular formula is C23H26N2O5. The zero-order valence-electron chi connectivity index (χ0n) is 17.3. The Morgan fingerprint density at radius 1 is 1.27 bits per heavy atom. The van der Waals surface area contributed by atoms with Gasteiger partial charge in [-0.05, 0) is 31.4 Å². The third kappa shape index (κ3) is 1.70. The zero-order valence-corrected chi connectivity index (χ0v) is 17.3. The average molecular weight is 410 g/mol. The second-order valence-electron chi connectivity index (χ2n) is 9.77. The standard InChI is InChI=1S/C23H26N2O5/c1-28-16-8-14-15(9-17(16)29-2)25(27)20(26)10-18-21-13-7-19-23(14,22(21)25)4-5-24(19)11-12(13)3-6-30-18/h3,8-9,13,18-19,21-22H,4-7,10-11H2,1-2H3/t13-,18-,19-,21-,22-,23+,25?/m0/s1. The van der Waals surface area contributed by atoms with Crippen molar-refractivity contribution in [1.82, 2.24) is 9.55 Å². The Morgan fingerprint density at radius 2 is 2.07 bits per heavy atom. The molecule has 2 bridgehead atoms. The molecule has 0 aromatic heterocycles. The van der Waals surface area contributed by atoms with Gasteiger partial charge in [0.25, 0.3) is 0 Å². The van der Waals surface area contributed by atoms with Crippen molar-refractivity contribution in [3.8, 4) is 11.5 Å². The van der Waals surface area contributed by atoms with Crippen LogP contribution in [0.1, 0.15) is 24.8 Å². The number of hydrogen-bond donors (Lipinski definition) is 0. The highest BCUT2D eigenvalue weighted by molar-refractivity contribution is 5.95. The van der Waals surface area contributed by atoms with E-state index in [0.29, 0.717) is 29.7 Å². The maximum Gasteiger partial charge on any atom is 0.321 e. The first-order chi connectivity index (χ1) is 14.5. The van der Waals surface area contributed by atoms with Crippen LogP contribution in [0, 0.1) is 17.0 Å². The quantitative estimate of drug-likeness (QED) is 0.423. The molecule has 7 nitrogen and oxygen atoms in total. The van der Waals surface area contributed by atoms with Crippen LogP contribution >= 0.6 is 0 Å². The predicted molar refractivity (Wildman–Crippen MR) is 109 cm³/mol. The summed E-state index contributed by atoms with van der Waals surface area (Å²) in [6.07, 6.45) is 4.21. The van der Waals surface area contributed by atoms with Crippen molar-refractivity contribution >= 4 is 11.6 Å². The van der Waals surface area contributed by atoms with E-state index in [4.69, 9.17) is 14.2 Å². The first kappa shape index (κ1) is 17.7. The Labute approximate surface area is 175 Å². The topological polar surface area (TPSA) is 71.1 Å². The smallest absolute Gasteiger partial charge is 0.321 e. The van der Waals surface area contributed by atoms with Gasteiger partial charge in [-0.3, -0.25) is 9.55 Å². The second-order valence-corrected chi connectivity index (χ2v) is 9.77. The molecule has 6 aliphatic rings. The molecule has 1 unspecified atom stereocenters. The molecule has 4 fully saturated rings. The highest BCUT2D eigenvalue weighted by Crippen LogP contribution is 2.68. The van der Waals surface area contributed by atoms with E-state index in [1.54, 1.807) is 20.3 Å². The summed E-state index contributed by atoms with van der Waals surface area (Å²) in [6, 6.07) is 3.75. The molecule has 5 heterocycles. The number of methoxy groups -OCH3 is 2. The lowest BCUT2D eigenvalue weighted by atomic mass is 9.53. The molecule has 3 saturated heterocycles. The Morgan fingerprint density at radius 3 is 2.87 bits per heavy atom. The highest BCUT2D eigenvalue weighted by Gasteiger charge is 2.76. The summed E-state index contributed by atoms with van der Waals surface area (Å²) in [5, 5.41) is 14.7. The summed E-state index contributed by atoms with van der Waals surface area (Å²) in [5.74, 6) is 1.30. The first-order valence-electron chi connectivity index (χ1n) is 11.0. The number of carbonyl (C=O) groups is 1. The van der Waals surface area contributed by atoms with Crippen molar-refractivity contribution in [2.45, 2.75) is 42.9 Å². The summed E-state index contributed by atoms with van der Waals surface area (Å²) >= 11 is 0. The number of fused-ring (bicyclic) bond motifs is 2. The van der Waals surface area contributed by atoms with Crippen LogP contribution in [0.5, 0.6) is 11.5 Å². The van der Waals surface area contributed by atoms with E-state index in [9.17, 15) is 10.0 Å². The normalized spacial score (nSPS) is 45.0. The van der Waals surface area contributed by atoms with E-state index >= 15 is 0 Å². The molecule has 1 aromatic rings. The van der Waals surface area contributed by atoms with E-state index in [-0.39, 0.29) is 41.8 Å². The van der Waals surface area contributed by atoms with Crippen LogP contribution in [0.3, 0.4) is 0 Å². The fourth-order valence-electron chi connectivity index (χ4n) is 8.15. The summed E-state index contributed by atoms with van der Waals surface area (Å²) in [5.41, 5.74) is 2.68. The zero-order chi connectivity index (χ0) is 20.4. The van der Waals surface area contributed by atoms with Crippen molar-refractivity contribution in [3.05, 3.63) is 34.6 Å². The molecule has 1 saturated carbocycles. The fourth-order valence-corrected chi connectivity index (χ4v) is 8.15. The van der Waals surface area contributed by atoms with E-state index in [2.05, 4.69) is 11.0 Å². The minimum atomic E-state index is -0.853. The predicted octanol–water partition coefficient (Wildman–Crippen LogP) is 2.11. The Balaban J connectivity index is 1.56. The van der Waals surface area contributed by atoms with Crippen LogP contribution in [0.2, 0.25) is 0 Å². The van der Waals surface area contributed by atoms with Gasteiger partial charge in [0.2, 0.25) is 0 Å². The van der Waals surface area contributed by atoms with Gasteiger partial charge in [-0.25, -0.2) is 4.79 Å². The van der Waals surface area contributed by atoms with Crippen LogP contribution < -0.4 is 14.1 Å². The maximum absolute atomic E-state index is 14.7. The Hall–Kier alpha value is -1.93. The van der Waals surface area contributed by atoms with Gasteiger partial charge in [-0.2, -0.15) is 0 Å². The Kier molecular flexibility index (Phi) is 3.22. The number of ether oxygens (including phenoxy) is 3. The summed E-state index contributed by atoms with van der Waals surface area (Å²) in [6.45, 7) is 2.48. The van der Waals surface area contributed by atoms with Gasteiger partial charge < -0.3 is 19.4 Å². The number of nitrogens with zero attached hydrogens (tertiary/aromatic N) is 2. The van der Waals surface area contributed by atoms with E-state index in [1.807, 2.05) is 6.07 Å². The molecule has 0 radical (unpaired) electrons. The number of piperidine rings is 2. The molecule has 7 heteroatoms. The van der Waals surface area contributed by atoms with E-state index in [0.717, 1.165) is 31.5 Å². The summed E-state index contributed by atoms with van der Waals surface area (Å²) in [7, 11) is 3.20. The largest absolute Gasteiger partial charge is 0.619 e. The van der Waals surface area contributed by atoms with Crippen LogP contribution in [-0.4, -0.2) is 62.9 Å².